The van der Waals surface area contributed by atoms with E-state index in [0.29, 0.717) is 23.7 Å². The zero-order valence-corrected chi connectivity index (χ0v) is 17.3. The number of anilines is 1. The molecule has 0 spiro atoms. The summed E-state index contributed by atoms with van der Waals surface area (Å²) in [6.07, 6.45) is 3.55. The summed E-state index contributed by atoms with van der Waals surface area (Å²) in [7, 11) is 0. The van der Waals surface area contributed by atoms with Gasteiger partial charge in [0, 0.05) is 28.5 Å². The second kappa shape index (κ2) is 7.17. The van der Waals surface area contributed by atoms with Crippen LogP contribution in [0.15, 0.2) is 36.8 Å². The first-order valence-corrected chi connectivity index (χ1v) is 10.4. The first-order chi connectivity index (χ1) is 14.5. The highest BCUT2D eigenvalue weighted by Gasteiger charge is 2.24. The van der Waals surface area contributed by atoms with Gasteiger partial charge in [0.05, 0.1) is 17.1 Å². The molecule has 0 fully saturated rings. The van der Waals surface area contributed by atoms with Gasteiger partial charge in [0.1, 0.15) is 18.2 Å². The highest BCUT2D eigenvalue weighted by molar-refractivity contribution is 7.06. The van der Waals surface area contributed by atoms with Crippen LogP contribution in [0.5, 0.6) is 5.75 Å². The second-order valence-electron chi connectivity index (χ2n) is 7.12. The monoisotopic (exact) mass is 422 g/mol. The summed E-state index contributed by atoms with van der Waals surface area (Å²) in [5.74, 6) is 1.04. The highest BCUT2D eigenvalue weighted by Crippen LogP contribution is 2.38. The SMILES string of the molecule is CCc1nsc2c1-c1cnc(N)c(c1)O[C@H](C)c1cc(F)ccc1-c1ncnn1C2. The Balaban J connectivity index is 1.79. The van der Waals surface area contributed by atoms with Crippen molar-refractivity contribution in [2.45, 2.75) is 32.9 Å². The minimum Gasteiger partial charge on any atom is -0.482 e. The molecule has 4 heterocycles. The quantitative estimate of drug-likeness (QED) is 0.493. The average Bonchev–Trinajstić information content (AvgIpc) is 3.36. The van der Waals surface area contributed by atoms with Crippen LogP contribution in [0.1, 0.15) is 36.1 Å². The summed E-state index contributed by atoms with van der Waals surface area (Å²) in [4.78, 5) is 9.84. The zero-order valence-electron chi connectivity index (χ0n) is 16.5. The lowest BCUT2D eigenvalue weighted by Gasteiger charge is -2.21. The molecule has 0 amide bonds. The van der Waals surface area contributed by atoms with Gasteiger partial charge in [-0.25, -0.2) is 19.0 Å². The third-order valence-corrected chi connectivity index (χ3v) is 6.11. The number of nitrogens with zero attached hydrogens (tertiary/aromatic N) is 5. The molecule has 0 unspecified atom stereocenters. The molecule has 1 atom stereocenters. The number of pyridine rings is 1. The molecule has 2 bridgehead atoms. The van der Waals surface area contributed by atoms with Crippen molar-refractivity contribution < 1.29 is 9.13 Å². The van der Waals surface area contributed by atoms with Gasteiger partial charge in [-0.2, -0.15) is 9.47 Å². The van der Waals surface area contributed by atoms with Gasteiger partial charge in [-0.05, 0) is 49.1 Å². The summed E-state index contributed by atoms with van der Waals surface area (Å²) in [6.45, 7) is 4.42. The fourth-order valence-electron chi connectivity index (χ4n) is 3.78. The maximum atomic E-state index is 14.1. The Morgan fingerprint density at radius 1 is 1.30 bits per heavy atom. The number of halogens is 1. The Hall–Kier alpha value is -3.33. The van der Waals surface area contributed by atoms with Gasteiger partial charge < -0.3 is 10.5 Å². The van der Waals surface area contributed by atoms with Crippen LogP contribution >= 0.6 is 11.5 Å². The van der Waals surface area contributed by atoms with Crippen molar-refractivity contribution >= 4 is 17.4 Å². The van der Waals surface area contributed by atoms with E-state index in [2.05, 4.69) is 26.4 Å². The molecular weight excluding hydrogens is 403 g/mol. The lowest BCUT2D eigenvalue weighted by atomic mass is 10.0. The number of nitrogens with two attached hydrogens (primary N) is 1. The summed E-state index contributed by atoms with van der Waals surface area (Å²) < 4.78 is 26.7. The Kier molecular flexibility index (Phi) is 4.47. The topological polar surface area (TPSA) is 91.7 Å². The van der Waals surface area contributed by atoms with Crippen molar-refractivity contribution in [3.05, 3.63) is 58.7 Å². The molecule has 2 N–H and O–H groups in total. The van der Waals surface area contributed by atoms with Gasteiger partial charge >= 0.3 is 0 Å². The van der Waals surface area contributed by atoms with Crippen LogP contribution in [-0.4, -0.2) is 24.1 Å². The Morgan fingerprint density at radius 2 is 2.17 bits per heavy atom. The van der Waals surface area contributed by atoms with Crippen LogP contribution in [-0.2, 0) is 13.0 Å². The van der Waals surface area contributed by atoms with Gasteiger partial charge in [0.15, 0.2) is 17.4 Å². The van der Waals surface area contributed by atoms with E-state index in [0.717, 1.165) is 33.7 Å². The molecule has 0 saturated heterocycles. The molecule has 3 aromatic heterocycles. The standard InChI is InChI=1S/C21H19FN6OS/c1-3-16-19-12-6-17(20(23)24-8-12)29-11(2)15-7-13(22)4-5-14(15)21-25-10-26-28(21)9-18(19)30-27-16/h4-8,10-11H,3,9H2,1-2H3,(H2,23,24)/t11-/m1/s1. The van der Waals surface area contributed by atoms with Crippen molar-refractivity contribution in [3.63, 3.8) is 0 Å². The van der Waals surface area contributed by atoms with Gasteiger partial charge in [-0.1, -0.05) is 6.92 Å². The van der Waals surface area contributed by atoms with Gasteiger partial charge in [0.25, 0.3) is 0 Å². The molecule has 9 heteroatoms. The number of rotatable bonds is 1. The Labute approximate surface area is 176 Å². The molecule has 0 saturated carbocycles. The lowest BCUT2D eigenvalue weighted by Crippen LogP contribution is -2.11. The molecule has 30 heavy (non-hydrogen) atoms. The number of benzene rings is 1. The third kappa shape index (κ3) is 3.02. The Morgan fingerprint density at radius 3 is 3.00 bits per heavy atom. The van der Waals surface area contributed by atoms with Crippen molar-refractivity contribution in [1.29, 1.82) is 0 Å². The van der Waals surface area contributed by atoms with Crippen molar-refractivity contribution in [2.75, 3.05) is 5.73 Å². The summed E-state index contributed by atoms with van der Waals surface area (Å²) in [5, 5.41) is 4.42. The van der Waals surface area contributed by atoms with Crippen LogP contribution in [0.3, 0.4) is 0 Å². The van der Waals surface area contributed by atoms with E-state index in [-0.39, 0.29) is 11.6 Å². The summed E-state index contributed by atoms with van der Waals surface area (Å²) in [6, 6.07) is 6.47. The molecular formula is C21H19FN6OS. The number of hydrogen-bond donors (Lipinski definition) is 1. The smallest absolute Gasteiger partial charge is 0.166 e. The van der Waals surface area contributed by atoms with E-state index in [1.165, 1.54) is 30.0 Å². The predicted octanol–water partition coefficient (Wildman–Crippen LogP) is 4.25. The van der Waals surface area contributed by atoms with Crippen molar-refractivity contribution in [1.82, 2.24) is 24.1 Å². The van der Waals surface area contributed by atoms with E-state index in [1.54, 1.807) is 12.3 Å². The number of hydrogen-bond acceptors (Lipinski definition) is 7. The molecule has 5 rings (SSSR count). The summed E-state index contributed by atoms with van der Waals surface area (Å²) in [5.41, 5.74) is 10.4. The maximum Gasteiger partial charge on any atom is 0.166 e. The first-order valence-electron chi connectivity index (χ1n) is 9.62. The number of fused-ring (bicyclic) bond motifs is 7. The van der Waals surface area contributed by atoms with Crippen LogP contribution < -0.4 is 10.5 Å². The van der Waals surface area contributed by atoms with E-state index >= 15 is 0 Å². The largest absolute Gasteiger partial charge is 0.482 e. The number of aromatic nitrogens is 5. The minimum absolute atomic E-state index is 0.284. The first kappa shape index (κ1) is 18.7. The molecule has 7 nitrogen and oxygen atoms in total. The van der Waals surface area contributed by atoms with E-state index < -0.39 is 6.10 Å². The van der Waals surface area contributed by atoms with Gasteiger partial charge in [-0.3, -0.25) is 0 Å². The molecule has 0 aliphatic carbocycles. The number of aryl methyl sites for hydroxylation is 1. The van der Waals surface area contributed by atoms with Crippen LogP contribution in [0, 0.1) is 5.82 Å². The van der Waals surface area contributed by atoms with Crippen LogP contribution in [0.2, 0.25) is 0 Å². The lowest BCUT2D eigenvalue weighted by molar-refractivity contribution is 0.227. The fourth-order valence-corrected chi connectivity index (χ4v) is 4.73. The van der Waals surface area contributed by atoms with E-state index in [1.807, 2.05) is 17.7 Å². The molecule has 4 aromatic rings. The summed E-state index contributed by atoms with van der Waals surface area (Å²) >= 11 is 1.43. The highest BCUT2D eigenvalue weighted by atomic mass is 32.1. The number of ether oxygens (including phenoxy) is 1. The van der Waals surface area contributed by atoms with Gasteiger partial charge in [0.2, 0.25) is 0 Å². The third-order valence-electron chi connectivity index (χ3n) is 5.24. The molecule has 1 aliphatic rings. The molecule has 1 aromatic carbocycles. The van der Waals surface area contributed by atoms with Crippen molar-refractivity contribution in [3.8, 4) is 28.3 Å². The van der Waals surface area contributed by atoms with Crippen LogP contribution in [0.25, 0.3) is 22.5 Å². The zero-order chi connectivity index (χ0) is 20.8. The maximum absolute atomic E-state index is 14.1. The second-order valence-corrected chi connectivity index (χ2v) is 7.98. The van der Waals surface area contributed by atoms with Gasteiger partial charge in [-0.15, -0.1) is 0 Å². The molecule has 0 radical (unpaired) electrons. The van der Waals surface area contributed by atoms with E-state index in [4.69, 9.17) is 10.5 Å². The Bertz CT molecular complexity index is 1250. The number of nitrogen functional groups attached to an aromatic ring is 1. The van der Waals surface area contributed by atoms with E-state index in [9.17, 15) is 4.39 Å². The normalized spacial score (nSPS) is 15.2. The van der Waals surface area contributed by atoms with Crippen LogP contribution in [0.4, 0.5) is 10.2 Å². The molecule has 152 valence electrons. The fraction of sp³-hybridized carbons (Fsp3) is 0.238. The minimum atomic E-state index is -0.481. The average molecular weight is 422 g/mol. The predicted molar refractivity (Wildman–Crippen MR) is 113 cm³/mol. The molecule has 1 aliphatic heterocycles. The van der Waals surface area contributed by atoms with Crippen molar-refractivity contribution in [2.24, 2.45) is 0 Å².